The standard InChI is InChI=1S/C15H15N5O/c1-8-3-4-16-7-12(8)20-14-11(6-17-20)15(21)19-13(18-14)10-5-9(10)2/h3-4,6-7,9-10H,5H2,1-2H3,(H,18,19,21). The molecule has 1 aliphatic carbocycles. The molecule has 21 heavy (non-hydrogen) atoms. The van der Waals surface area contributed by atoms with Crippen LogP contribution in [0, 0.1) is 12.8 Å². The number of rotatable bonds is 2. The van der Waals surface area contributed by atoms with Crippen molar-refractivity contribution in [3.63, 3.8) is 0 Å². The second-order valence-electron chi connectivity index (χ2n) is 5.73. The molecule has 0 aromatic carbocycles. The zero-order chi connectivity index (χ0) is 14.6. The summed E-state index contributed by atoms with van der Waals surface area (Å²) in [5.74, 6) is 1.71. The molecule has 0 radical (unpaired) electrons. The Bertz CT molecular complexity index is 894. The lowest BCUT2D eigenvalue weighted by molar-refractivity contribution is 0.826. The molecule has 106 valence electrons. The highest BCUT2D eigenvalue weighted by atomic mass is 16.1. The predicted molar refractivity (Wildman–Crippen MR) is 78.5 cm³/mol. The summed E-state index contributed by atoms with van der Waals surface area (Å²) < 4.78 is 1.70. The first-order valence-electron chi connectivity index (χ1n) is 7.04. The Morgan fingerprint density at radius 1 is 1.38 bits per heavy atom. The predicted octanol–water partition coefficient (Wildman–Crippen LogP) is 1.94. The molecule has 0 aliphatic heterocycles. The van der Waals surface area contributed by atoms with Crippen molar-refractivity contribution in [3.8, 4) is 5.69 Å². The van der Waals surface area contributed by atoms with Crippen LogP contribution < -0.4 is 5.56 Å². The van der Waals surface area contributed by atoms with Crippen LogP contribution in [0.4, 0.5) is 0 Å². The van der Waals surface area contributed by atoms with Crippen molar-refractivity contribution in [3.05, 3.63) is 46.4 Å². The van der Waals surface area contributed by atoms with Gasteiger partial charge in [-0.05, 0) is 30.9 Å². The molecule has 6 heteroatoms. The van der Waals surface area contributed by atoms with Gasteiger partial charge in [0.2, 0.25) is 0 Å². The van der Waals surface area contributed by atoms with Gasteiger partial charge in [-0.15, -0.1) is 0 Å². The molecular weight excluding hydrogens is 266 g/mol. The number of hydrogen-bond donors (Lipinski definition) is 1. The summed E-state index contributed by atoms with van der Waals surface area (Å²) in [5, 5.41) is 4.83. The molecule has 2 unspecified atom stereocenters. The molecule has 1 aliphatic rings. The van der Waals surface area contributed by atoms with Crippen molar-refractivity contribution < 1.29 is 0 Å². The second-order valence-corrected chi connectivity index (χ2v) is 5.73. The first kappa shape index (κ1) is 12.3. The molecule has 0 saturated heterocycles. The van der Waals surface area contributed by atoms with E-state index >= 15 is 0 Å². The summed E-state index contributed by atoms with van der Waals surface area (Å²) in [6.07, 6.45) is 6.12. The largest absolute Gasteiger partial charge is 0.310 e. The molecule has 2 atom stereocenters. The summed E-state index contributed by atoms with van der Waals surface area (Å²) in [7, 11) is 0. The molecule has 3 aromatic heterocycles. The van der Waals surface area contributed by atoms with Gasteiger partial charge in [-0.1, -0.05) is 6.92 Å². The van der Waals surface area contributed by atoms with Crippen LogP contribution in [-0.2, 0) is 0 Å². The quantitative estimate of drug-likeness (QED) is 0.778. The summed E-state index contributed by atoms with van der Waals surface area (Å²) in [6, 6.07) is 1.92. The van der Waals surface area contributed by atoms with Crippen molar-refractivity contribution in [2.24, 2.45) is 5.92 Å². The van der Waals surface area contributed by atoms with Gasteiger partial charge in [0.15, 0.2) is 5.65 Å². The fourth-order valence-electron chi connectivity index (χ4n) is 2.67. The fraction of sp³-hybridized carbons (Fsp3) is 0.333. The first-order chi connectivity index (χ1) is 10.1. The van der Waals surface area contributed by atoms with Crippen LogP contribution in [0.3, 0.4) is 0 Å². The van der Waals surface area contributed by atoms with E-state index in [1.165, 1.54) is 0 Å². The van der Waals surface area contributed by atoms with Crippen LogP contribution in [0.1, 0.15) is 30.7 Å². The lowest BCUT2D eigenvalue weighted by Gasteiger charge is -2.06. The normalized spacial score (nSPS) is 20.9. The van der Waals surface area contributed by atoms with Crippen molar-refractivity contribution in [1.82, 2.24) is 24.7 Å². The number of aromatic nitrogens is 5. The van der Waals surface area contributed by atoms with E-state index < -0.39 is 0 Å². The number of aromatic amines is 1. The Labute approximate surface area is 120 Å². The number of nitrogens with zero attached hydrogens (tertiary/aromatic N) is 4. The molecule has 1 saturated carbocycles. The van der Waals surface area contributed by atoms with Gasteiger partial charge in [-0.2, -0.15) is 5.10 Å². The summed E-state index contributed by atoms with van der Waals surface area (Å²) in [6.45, 7) is 4.15. The van der Waals surface area contributed by atoms with Crippen LogP contribution in [-0.4, -0.2) is 24.7 Å². The van der Waals surface area contributed by atoms with Gasteiger partial charge in [0.05, 0.1) is 18.1 Å². The van der Waals surface area contributed by atoms with Gasteiger partial charge in [0.25, 0.3) is 5.56 Å². The van der Waals surface area contributed by atoms with Gasteiger partial charge < -0.3 is 4.98 Å². The summed E-state index contributed by atoms with van der Waals surface area (Å²) in [4.78, 5) is 23.9. The number of H-pyrrole nitrogens is 1. The monoisotopic (exact) mass is 281 g/mol. The number of hydrogen-bond acceptors (Lipinski definition) is 4. The van der Waals surface area contributed by atoms with Crippen LogP contribution in [0.5, 0.6) is 0 Å². The Kier molecular flexibility index (Phi) is 2.48. The summed E-state index contributed by atoms with van der Waals surface area (Å²) in [5.41, 5.74) is 2.37. The highest BCUT2D eigenvalue weighted by Crippen LogP contribution is 2.45. The van der Waals surface area contributed by atoms with Gasteiger partial charge in [-0.3, -0.25) is 9.78 Å². The van der Waals surface area contributed by atoms with Crippen LogP contribution in [0.15, 0.2) is 29.5 Å². The van der Waals surface area contributed by atoms with Gasteiger partial charge in [-0.25, -0.2) is 9.67 Å². The van der Waals surface area contributed by atoms with E-state index in [9.17, 15) is 4.79 Å². The lowest BCUT2D eigenvalue weighted by Crippen LogP contribution is -2.12. The molecule has 6 nitrogen and oxygen atoms in total. The second kappa shape index (κ2) is 4.25. The maximum Gasteiger partial charge on any atom is 0.262 e. The van der Waals surface area contributed by atoms with Crippen molar-refractivity contribution in [1.29, 1.82) is 0 Å². The number of fused-ring (bicyclic) bond motifs is 1. The van der Waals surface area contributed by atoms with E-state index in [0.717, 1.165) is 23.5 Å². The third-order valence-corrected chi connectivity index (χ3v) is 4.16. The topological polar surface area (TPSA) is 76.5 Å². The zero-order valence-corrected chi connectivity index (χ0v) is 11.9. The van der Waals surface area contributed by atoms with Crippen molar-refractivity contribution in [2.45, 2.75) is 26.2 Å². The molecule has 1 N–H and O–H groups in total. The average Bonchev–Trinajstić information content (AvgIpc) is 3.04. The van der Waals surface area contributed by atoms with E-state index in [-0.39, 0.29) is 5.56 Å². The van der Waals surface area contributed by atoms with Gasteiger partial charge in [0, 0.05) is 12.1 Å². The minimum Gasteiger partial charge on any atom is -0.310 e. The average molecular weight is 281 g/mol. The Balaban J connectivity index is 1.97. The minimum atomic E-state index is -0.123. The van der Waals surface area contributed by atoms with E-state index in [1.807, 2.05) is 13.0 Å². The smallest absolute Gasteiger partial charge is 0.262 e. The highest BCUT2D eigenvalue weighted by Gasteiger charge is 2.36. The highest BCUT2D eigenvalue weighted by molar-refractivity contribution is 5.75. The molecule has 1 fully saturated rings. The molecular formula is C15H15N5O. The van der Waals surface area contributed by atoms with E-state index in [4.69, 9.17) is 0 Å². The molecule has 3 aromatic rings. The first-order valence-corrected chi connectivity index (χ1v) is 7.04. The molecule has 3 heterocycles. The number of aryl methyl sites for hydroxylation is 1. The van der Waals surface area contributed by atoms with E-state index in [0.29, 0.717) is 22.9 Å². The van der Waals surface area contributed by atoms with Crippen LogP contribution >= 0.6 is 0 Å². The Hall–Kier alpha value is -2.50. The third kappa shape index (κ3) is 1.86. The minimum absolute atomic E-state index is 0.123. The molecule has 4 rings (SSSR count). The van der Waals surface area contributed by atoms with Crippen molar-refractivity contribution >= 4 is 11.0 Å². The van der Waals surface area contributed by atoms with Gasteiger partial charge in [0.1, 0.15) is 11.2 Å². The zero-order valence-electron chi connectivity index (χ0n) is 11.9. The van der Waals surface area contributed by atoms with E-state index in [1.54, 1.807) is 23.3 Å². The summed E-state index contributed by atoms with van der Waals surface area (Å²) >= 11 is 0. The Morgan fingerprint density at radius 2 is 2.19 bits per heavy atom. The van der Waals surface area contributed by atoms with Gasteiger partial charge >= 0.3 is 0 Å². The lowest BCUT2D eigenvalue weighted by atomic mass is 10.2. The molecule has 0 amide bonds. The number of nitrogens with one attached hydrogen (secondary N) is 1. The molecule has 0 bridgehead atoms. The number of pyridine rings is 1. The molecule has 0 spiro atoms. The van der Waals surface area contributed by atoms with Crippen molar-refractivity contribution in [2.75, 3.05) is 0 Å². The maximum atomic E-state index is 12.2. The Morgan fingerprint density at radius 3 is 2.90 bits per heavy atom. The SMILES string of the molecule is Cc1ccncc1-n1ncc2c(=O)[nH]c(C3CC3C)nc21. The fourth-order valence-corrected chi connectivity index (χ4v) is 2.67. The van der Waals surface area contributed by atoms with E-state index in [2.05, 4.69) is 27.0 Å². The van der Waals surface area contributed by atoms with Crippen LogP contribution in [0.25, 0.3) is 16.7 Å². The maximum absolute atomic E-state index is 12.2. The van der Waals surface area contributed by atoms with Crippen LogP contribution in [0.2, 0.25) is 0 Å². The third-order valence-electron chi connectivity index (χ3n) is 4.16.